The molecule has 110 valence electrons. The van der Waals surface area contributed by atoms with Gasteiger partial charge >= 0.3 is 0 Å². The van der Waals surface area contributed by atoms with Crippen LogP contribution < -0.4 is 5.32 Å². The molecule has 1 N–H and O–H groups in total. The van der Waals surface area contributed by atoms with Crippen LogP contribution in [0.5, 0.6) is 0 Å². The van der Waals surface area contributed by atoms with E-state index >= 15 is 0 Å². The van der Waals surface area contributed by atoms with Gasteiger partial charge < -0.3 is 5.32 Å². The largest absolute Gasteiger partial charge is 0.306 e. The fourth-order valence-corrected chi connectivity index (χ4v) is 2.75. The highest BCUT2D eigenvalue weighted by Gasteiger charge is 2.15. The molecule has 0 spiro atoms. The van der Waals surface area contributed by atoms with E-state index in [4.69, 9.17) is 11.6 Å². The molecule has 0 bridgehead atoms. The van der Waals surface area contributed by atoms with E-state index in [1.165, 1.54) is 6.07 Å². The lowest BCUT2D eigenvalue weighted by atomic mass is 10.1. The van der Waals surface area contributed by atoms with Gasteiger partial charge in [-0.3, -0.25) is 10.1 Å². The lowest BCUT2D eigenvalue weighted by molar-refractivity contribution is -0.385. The number of hydrogen-bond acceptors (Lipinski definition) is 3. The van der Waals surface area contributed by atoms with Crippen LogP contribution in [0.4, 0.5) is 5.69 Å². The Hall–Kier alpha value is -1.43. The highest BCUT2D eigenvalue weighted by atomic mass is 79.9. The number of nitrogens with one attached hydrogen (secondary N) is 1. The predicted octanol–water partition coefficient (Wildman–Crippen LogP) is 4.86. The minimum atomic E-state index is -0.395. The van der Waals surface area contributed by atoms with Gasteiger partial charge in [0, 0.05) is 23.7 Å². The molecule has 0 fully saturated rings. The molecule has 2 aromatic rings. The van der Waals surface area contributed by atoms with Crippen molar-refractivity contribution in [1.29, 1.82) is 0 Å². The summed E-state index contributed by atoms with van der Waals surface area (Å²) in [5.74, 6) is 0. The van der Waals surface area contributed by atoms with Gasteiger partial charge in [-0.15, -0.1) is 0 Å². The predicted molar refractivity (Wildman–Crippen MR) is 87.5 cm³/mol. The zero-order valence-electron chi connectivity index (χ0n) is 11.3. The van der Waals surface area contributed by atoms with Crippen LogP contribution in [-0.2, 0) is 6.54 Å². The summed E-state index contributed by atoms with van der Waals surface area (Å²) in [6, 6.07) is 12.7. The van der Waals surface area contributed by atoms with E-state index in [2.05, 4.69) is 21.2 Å². The van der Waals surface area contributed by atoms with Gasteiger partial charge in [0.1, 0.15) is 0 Å². The maximum Gasteiger partial charge on any atom is 0.283 e. The lowest BCUT2D eigenvalue weighted by Gasteiger charge is -2.15. The number of nitro groups is 1. The summed E-state index contributed by atoms with van der Waals surface area (Å²) in [4.78, 5) is 10.5. The molecular formula is C15H14BrClN2O2. The average Bonchev–Trinajstić information content (AvgIpc) is 2.45. The molecule has 0 saturated heterocycles. The van der Waals surface area contributed by atoms with Crippen molar-refractivity contribution in [2.24, 2.45) is 0 Å². The van der Waals surface area contributed by atoms with Crippen LogP contribution in [-0.4, -0.2) is 4.92 Å². The van der Waals surface area contributed by atoms with Crippen molar-refractivity contribution < 1.29 is 4.92 Å². The Labute approximate surface area is 136 Å². The van der Waals surface area contributed by atoms with Crippen molar-refractivity contribution in [1.82, 2.24) is 5.32 Å². The fourth-order valence-electron chi connectivity index (χ4n) is 2.00. The van der Waals surface area contributed by atoms with Crippen LogP contribution in [0.3, 0.4) is 0 Å². The van der Waals surface area contributed by atoms with Crippen molar-refractivity contribution in [3.05, 3.63) is 73.2 Å². The van der Waals surface area contributed by atoms with Crippen molar-refractivity contribution >= 4 is 33.2 Å². The van der Waals surface area contributed by atoms with E-state index in [1.807, 2.05) is 37.3 Å². The van der Waals surface area contributed by atoms with E-state index in [0.29, 0.717) is 16.0 Å². The molecule has 21 heavy (non-hydrogen) atoms. The Bertz CT molecular complexity index is 664. The first-order valence-electron chi connectivity index (χ1n) is 6.39. The Morgan fingerprint density at radius 1 is 1.33 bits per heavy atom. The summed E-state index contributed by atoms with van der Waals surface area (Å²) in [6.45, 7) is 2.55. The summed E-state index contributed by atoms with van der Waals surface area (Å²) in [7, 11) is 0. The van der Waals surface area contributed by atoms with Crippen molar-refractivity contribution in [2.75, 3.05) is 0 Å². The van der Waals surface area contributed by atoms with Gasteiger partial charge in [0.05, 0.1) is 9.40 Å². The van der Waals surface area contributed by atoms with Crippen LogP contribution in [0, 0.1) is 10.1 Å². The molecule has 4 nitrogen and oxygen atoms in total. The van der Waals surface area contributed by atoms with Crippen LogP contribution in [0.2, 0.25) is 5.02 Å². The summed E-state index contributed by atoms with van der Waals surface area (Å²) in [5, 5.41) is 14.9. The smallest absolute Gasteiger partial charge is 0.283 e. The molecule has 1 atom stereocenters. The van der Waals surface area contributed by atoms with E-state index < -0.39 is 4.92 Å². The number of nitro benzene ring substituents is 1. The first-order valence-corrected chi connectivity index (χ1v) is 7.56. The van der Waals surface area contributed by atoms with Gasteiger partial charge in [0.15, 0.2) is 0 Å². The summed E-state index contributed by atoms with van der Waals surface area (Å²) in [6.07, 6.45) is 0. The van der Waals surface area contributed by atoms with Gasteiger partial charge in [-0.1, -0.05) is 35.9 Å². The quantitative estimate of drug-likeness (QED) is 0.605. The monoisotopic (exact) mass is 368 g/mol. The van der Waals surface area contributed by atoms with Gasteiger partial charge in [0.2, 0.25) is 0 Å². The van der Waals surface area contributed by atoms with Crippen LogP contribution >= 0.6 is 27.5 Å². The second-order valence-corrected chi connectivity index (χ2v) is 5.89. The minimum Gasteiger partial charge on any atom is -0.306 e. The Morgan fingerprint density at radius 2 is 2.05 bits per heavy atom. The van der Waals surface area contributed by atoms with E-state index in [-0.39, 0.29) is 11.7 Å². The molecule has 2 rings (SSSR count). The molecule has 0 unspecified atom stereocenters. The Morgan fingerprint density at radius 3 is 2.71 bits per heavy atom. The first kappa shape index (κ1) is 15.9. The molecular weight excluding hydrogens is 356 g/mol. The molecule has 0 radical (unpaired) electrons. The summed E-state index contributed by atoms with van der Waals surface area (Å²) < 4.78 is 0.515. The van der Waals surface area contributed by atoms with Crippen molar-refractivity contribution in [2.45, 2.75) is 19.5 Å². The van der Waals surface area contributed by atoms with Crippen LogP contribution in [0.1, 0.15) is 24.1 Å². The van der Waals surface area contributed by atoms with Gasteiger partial charge in [-0.2, -0.15) is 0 Å². The SMILES string of the molecule is C[C@@H](NCc1cccc([N+](=O)[O-])c1Br)c1cccc(Cl)c1. The minimum absolute atomic E-state index is 0.0738. The number of halogens is 2. The zero-order chi connectivity index (χ0) is 15.4. The maximum absolute atomic E-state index is 10.9. The molecule has 0 aliphatic rings. The van der Waals surface area contributed by atoms with Crippen LogP contribution in [0.15, 0.2) is 46.9 Å². The third-order valence-electron chi connectivity index (χ3n) is 3.20. The van der Waals surface area contributed by atoms with Crippen molar-refractivity contribution in [3.8, 4) is 0 Å². The molecule has 0 amide bonds. The second kappa shape index (κ2) is 7.02. The highest BCUT2D eigenvalue weighted by Crippen LogP contribution is 2.28. The van der Waals surface area contributed by atoms with E-state index in [0.717, 1.165) is 11.1 Å². The highest BCUT2D eigenvalue weighted by molar-refractivity contribution is 9.10. The molecule has 0 saturated carbocycles. The molecule has 6 heteroatoms. The lowest BCUT2D eigenvalue weighted by Crippen LogP contribution is -2.18. The van der Waals surface area contributed by atoms with Gasteiger partial charge in [-0.25, -0.2) is 0 Å². The second-order valence-electron chi connectivity index (χ2n) is 4.66. The molecule has 2 aromatic carbocycles. The standard InChI is InChI=1S/C15H14BrClN2O2/c1-10(11-4-2-6-13(17)8-11)18-9-12-5-3-7-14(15(12)16)19(20)21/h2-8,10,18H,9H2,1H3/t10-/m1/s1. The summed E-state index contributed by atoms with van der Waals surface area (Å²) >= 11 is 9.27. The summed E-state index contributed by atoms with van der Waals surface area (Å²) in [5.41, 5.74) is 1.99. The molecule has 0 aliphatic heterocycles. The zero-order valence-corrected chi connectivity index (χ0v) is 13.7. The van der Waals surface area contributed by atoms with Gasteiger partial charge in [0.25, 0.3) is 5.69 Å². The maximum atomic E-state index is 10.9. The number of hydrogen-bond donors (Lipinski definition) is 1. The van der Waals surface area contributed by atoms with Crippen LogP contribution in [0.25, 0.3) is 0 Å². The number of rotatable bonds is 5. The average molecular weight is 370 g/mol. The normalized spacial score (nSPS) is 12.1. The topological polar surface area (TPSA) is 55.2 Å². The number of benzene rings is 2. The Kier molecular flexibility index (Phi) is 5.33. The first-order chi connectivity index (χ1) is 9.99. The van der Waals surface area contributed by atoms with E-state index in [1.54, 1.807) is 6.07 Å². The molecule has 0 aromatic heterocycles. The third-order valence-corrected chi connectivity index (χ3v) is 4.35. The third kappa shape index (κ3) is 4.03. The number of nitrogens with zero attached hydrogens (tertiary/aromatic N) is 1. The van der Waals surface area contributed by atoms with Crippen molar-refractivity contribution in [3.63, 3.8) is 0 Å². The Balaban J connectivity index is 2.10. The molecule has 0 heterocycles. The van der Waals surface area contributed by atoms with Gasteiger partial charge in [-0.05, 0) is 46.1 Å². The van der Waals surface area contributed by atoms with E-state index in [9.17, 15) is 10.1 Å². The fraction of sp³-hybridized carbons (Fsp3) is 0.200. The molecule has 0 aliphatic carbocycles.